The minimum absolute atomic E-state index is 0.258. The summed E-state index contributed by atoms with van der Waals surface area (Å²) in [6.45, 7) is 1.70. The summed E-state index contributed by atoms with van der Waals surface area (Å²) in [5.41, 5.74) is 1.48. The van der Waals surface area contributed by atoms with Gasteiger partial charge in [0.1, 0.15) is 22.5 Å². The number of carbonyl (C=O) groups excluding carboxylic acids is 1. The number of aliphatic hydroxyl groups is 2. The molecule has 0 spiro atoms. The van der Waals surface area contributed by atoms with Crippen LogP contribution in [0, 0.1) is 6.92 Å². The second-order valence-corrected chi connectivity index (χ2v) is 7.64. The molecule has 1 amide bonds. The maximum Gasteiger partial charge on any atom is 0.256 e. The number of nitrogens with zero attached hydrogens (tertiary/aromatic N) is 4. The van der Waals surface area contributed by atoms with E-state index in [9.17, 15) is 15.0 Å². The van der Waals surface area contributed by atoms with E-state index in [1.54, 1.807) is 38.4 Å². The average molecular weight is 425 g/mol. The number of thiazole rings is 1. The second kappa shape index (κ2) is 8.19. The number of aliphatic hydroxyl groups excluding tert-OH is 2. The number of rotatable bonds is 6. The zero-order valence-corrected chi connectivity index (χ0v) is 17.0. The monoisotopic (exact) mass is 425 g/mol. The van der Waals surface area contributed by atoms with Crippen molar-refractivity contribution in [1.29, 1.82) is 0 Å². The molecule has 4 rings (SSSR count). The van der Waals surface area contributed by atoms with Gasteiger partial charge < -0.3 is 20.3 Å². The van der Waals surface area contributed by atoms with Gasteiger partial charge in [-0.1, -0.05) is 12.1 Å². The van der Waals surface area contributed by atoms with Crippen molar-refractivity contribution in [1.82, 2.24) is 19.7 Å². The first kappa shape index (κ1) is 20.0. The third kappa shape index (κ3) is 3.88. The predicted molar refractivity (Wildman–Crippen MR) is 111 cm³/mol. The first-order valence-electron chi connectivity index (χ1n) is 9.08. The number of benzene rings is 1. The van der Waals surface area contributed by atoms with Crippen molar-refractivity contribution in [3.05, 3.63) is 59.5 Å². The van der Waals surface area contributed by atoms with Crippen LogP contribution in [0.4, 0.5) is 5.69 Å². The Bertz CT molecular complexity index is 1160. The zero-order valence-electron chi connectivity index (χ0n) is 16.2. The minimum atomic E-state index is -1.73. The van der Waals surface area contributed by atoms with Gasteiger partial charge in [-0.2, -0.15) is 5.10 Å². The van der Waals surface area contributed by atoms with Gasteiger partial charge in [0, 0.05) is 13.2 Å². The molecular formula is C20H19N5O4S. The van der Waals surface area contributed by atoms with E-state index in [0.717, 1.165) is 4.70 Å². The molecule has 0 fully saturated rings. The first-order chi connectivity index (χ1) is 14.4. The first-order valence-corrected chi connectivity index (χ1v) is 9.89. The van der Waals surface area contributed by atoms with E-state index >= 15 is 0 Å². The summed E-state index contributed by atoms with van der Waals surface area (Å²) in [6, 6.07) is 10.8. The molecule has 0 saturated carbocycles. The van der Waals surface area contributed by atoms with Crippen molar-refractivity contribution < 1.29 is 19.7 Å². The zero-order chi connectivity index (χ0) is 21.3. The van der Waals surface area contributed by atoms with E-state index in [4.69, 9.17) is 4.74 Å². The van der Waals surface area contributed by atoms with Crippen LogP contribution in [0.25, 0.3) is 10.2 Å². The summed E-state index contributed by atoms with van der Waals surface area (Å²) < 4.78 is 8.12. The Morgan fingerprint density at radius 1 is 1.23 bits per heavy atom. The Labute approximate surface area is 175 Å². The summed E-state index contributed by atoms with van der Waals surface area (Å²) in [5, 5.41) is 28.0. The van der Waals surface area contributed by atoms with Gasteiger partial charge in [-0.15, -0.1) is 11.3 Å². The smallest absolute Gasteiger partial charge is 0.256 e. The van der Waals surface area contributed by atoms with E-state index in [-0.39, 0.29) is 10.9 Å². The van der Waals surface area contributed by atoms with Crippen LogP contribution >= 0.6 is 11.3 Å². The third-order valence-electron chi connectivity index (χ3n) is 4.40. The lowest BCUT2D eigenvalue weighted by atomic mass is 10.2. The van der Waals surface area contributed by atoms with Crippen LogP contribution in [0.5, 0.6) is 11.6 Å². The van der Waals surface area contributed by atoms with E-state index in [0.29, 0.717) is 22.6 Å². The third-order valence-corrected chi connectivity index (χ3v) is 5.50. The normalized spacial score (nSPS) is 13.2. The Kier molecular flexibility index (Phi) is 5.44. The van der Waals surface area contributed by atoms with Crippen molar-refractivity contribution in [2.75, 3.05) is 5.32 Å². The number of pyridine rings is 1. The van der Waals surface area contributed by atoms with Gasteiger partial charge in [0.15, 0.2) is 6.10 Å². The number of anilines is 1. The van der Waals surface area contributed by atoms with Crippen molar-refractivity contribution in [2.45, 2.75) is 19.1 Å². The highest BCUT2D eigenvalue weighted by Gasteiger charge is 2.30. The number of fused-ring (bicyclic) bond motifs is 1. The molecule has 154 valence electrons. The molecule has 0 aliphatic heterocycles. The van der Waals surface area contributed by atoms with Gasteiger partial charge in [0.25, 0.3) is 5.91 Å². The van der Waals surface area contributed by atoms with Crippen LogP contribution in [0.3, 0.4) is 0 Å². The molecule has 10 heteroatoms. The van der Waals surface area contributed by atoms with Crippen LogP contribution in [0.1, 0.15) is 16.8 Å². The summed E-state index contributed by atoms with van der Waals surface area (Å²) in [7, 11) is 1.67. The molecule has 0 unspecified atom stereocenters. The second-order valence-electron chi connectivity index (χ2n) is 6.58. The van der Waals surface area contributed by atoms with Crippen molar-refractivity contribution in [3.8, 4) is 11.6 Å². The molecule has 4 aromatic rings. The molecule has 2 atom stereocenters. The number of aryl methyl sites for hydroxylation is 2. The number of ether oxygens (including phenoxy) is 1. The Morgan fingerprint density at radius 3 is 2.77 bits per heavy atom. The molecule has 0 bridgehead atoms. The summed E-state index contributed by atoms with van der Waals surface area (Å²) in [5.74, 6) is -0.0597. The molecule has 3 aromatic heterocycles. The number of hydrogen-bond donors (Lipinski definition) is 3. The number of amides is 1. The molecule has 0 aliphatic carbocycles. The number of para-hydroxylation sites is 1. The average Bonchev–Trinajstić information content (AvgIpc) is 3.29. The quantitative estimate of drug-likeness (QED) is 0.434. The van der Waals surface area contributed by atoms with E-state index in [2.05, 4.69) is 20.4 Å². The van der Waals surface area contributed by atoms with Crippen LogP contribution in [-0.4, -0.2) is 42.0 Å². The summed E-state index contributed by atoms with van der Waals surface area (Å²) in [4.78, 5) is 20.9. The van der Waals surface area contributed by atoms with Crippen LogP contribution in [0.15, 0.2) is 48.8 Å². The van der Waals surface area contributed by atoms with Crippen LogP contribution in [-0.2, 0) is 11.8 Å². The largest absolute Gasteiger partial charge is 0.436 e. The van der Waals surface area contributed by atoms with Gasteiger partial charge in [-0.25, -0.2) is 9.67 Å². The maximum atomic E-state index is 12.7. The lowest BCUT2D eigenvalue weighted by Crippen LogP contribution is -2.33. The maximum absolute atomic E-state index is 12.7. The number of nitrogens with one attached hydrogen (secondary N) is 1. The van der Waals surface area contributed by atoms with E-state index in [1.807, 2.05) is 18.2 Å². The summed E-state index contributed by atoms with van der Waals surface area (Å²) in [6.07, 6.45) is -0.0535. The predicted octanol–water partition coefficient (Wildman–Crippen LogP) is 2.56. The minimum Gasteiger partial charge on any atom is -0.436 e. The summed E-state index contributed by atoms with van der Waals surface area (Å²) >= 11 is 1.22. The number of hydrogen-bond acceptors (Lipinski definition) is 8. The van der Waals surface area contributed by atoms with Crippen molar-refractivity contribution in [3.63, 3.8) is 0 Å². The Morgan fingerprint density at radius 2 is 2.03 bits per heavy atom. The van der Waals surface area contributed by atoms with Crippen LogP contribution in [0.2, 0.25) is 0 Å². The lowest BCUT2D eigenvalue weighted by molar-refractivity contribution is -0.129. The van der Waals surface area contributed by atoms with E-state index in [1.165, 1.54) is 22.2 Å². The Hall–Kier alpha value is -3.34. The number of carbonyl (C=O) groups is 1. The van der Waals surface area contributed by atoms with Gasteiger partial charge >= 0.3 is 0 Å². The van der Waals surface area contributed by atoms with Crippen molar-refractivity contribution in [2.24, 2.45) is 7.05 Å². The van der Waals surface area contributed by atoms with Gasteiger partial charge in [-0.05, 0) is 31.2 Å². The topological polar surface area (TPSA) is 122 Å². The molecule has 30 heavy (non-hydrogen) atoms. The fourth-order valence-electron chi connectivity index (χ4n) is 2.91. The van der Waals surface area contributed by atoms with Gasteiger partial charge in [0.05, 0.1) is 22.1 Å². The Balaban J connectivity index is 1.54. The molecule has 9 nitrogen and oxygen atoms in total. The standard InChI is InChI=1S/C20H19N5O4S/c1-11-15(20(25(2)24-11)29-12-6-5-9-21-10-12)23-18(28)16(26)17(27)19-22-13-7-3-4-8-14(13)30-19/h3-10,16-17,26-27H,1-2H3,(H,23,28)/t16-,17-/m0/s1. The molecule has 0 radical (unpaired) electrons. The fourth-order valence-corrected chi connectivity index (χ4v) is 3.89. The number of aromatic nitrogens is 4. The molecule has 3 heterocycles. The molecule has 3 N–H and O–H groups in total. The molecule has 0 aliphatic rings. The fraction of sp³-hybridized carbons (Fsp3) is 0.200. The van der Waals surface area contributed by atoms with E-state index < -0.39 is 18.1 Å². The molecule has 0 saturated heterocycles. The SMILES string of the molecule is Cc1nn(C)c(Oc2cccnc2)c1NC(=O)[C@@H](O)[C@H](O)c1nc2ccccc2s1. The molecular weight excluding hydrogens is 406 g/mol. The lowest BCUT2D eigenvalue weighted by Gasteiger charge is -2.16. The van der Waals surface area contributed by atoms with Crippen LogP contribution < -0.4 is 10.1 Å². The van der Waals surface area contributed by atoms with Gasteiger partial charge in [-0.3, -0.25) is 9.78 Å². The highest BCUT2D eigenvalue weighted by Crippen LogP contribution is 2.33. The highest BCUT2D eigenvalue weighted by atomic mass is 32.1. The molecule has 1 aromatic carbocycles. The van der Waals surface area contributed by atoms with Crippen molar-refractivity contribution >= 4 is 33.1 Å². The highest BCUT2D eigenvalue weighted by molar-refractivity contribution is 7.18. The van der Waals surface area contributed by atoms with Gasteiger partial charge in [0.2, 0.25) is 5.88 Å².